The minimum Gasteiger partial charge on any atom is -0.397 e. The number of nitrogens with two attached hydrogens (primary N) is 2. The molecule has 5 N–H and O–H groups in total. The largest absolute Gasteiger partial charge is 0.397 e. The summed E-state index contributed by atoms with van der Waals surface area (Å²) >= 11 is 0. The van der Waals surface area contributed by atoms with Gasteiger partial charge in [-0.2, -0.15) is 0 Å². The Morgan fingerprint density at radius 1 is 1.24 bits per heavy atom. The van der Waals surface area contributed by atoms with E-state index >= 15 is 0 Å². The number of rotatable bonds is 2. The van der Waals surface area contributed by atoms with Crippen molar-refractivity contribution in [3.63, 3.8) is 0 Å². The third kappa shape index (κ3) is 2.19. The molecule has 0 atom stereocenters. The fraction of sp³-hybridized carbons (Fsp3) is 0.0833. The van der Waals surface area contributed by atoms with Crippen LogP contribution in [0.1, 0.15) is 5.56 Å². The van der Waals surface area contributed by atoms with Crippen LogP contribution in [0.25, 0.3) is 11.3 Å². The van der Waals surface area contributed by atoms with Crippen LogP contribution in [0, 0.1) is 5.82 Å². The smallest absolute Gasteiger partial charge is 0.253 e. The van der Waals surface area contributed by atoms with Gasteiger partial charge in [0.25, 0.3) is 5.56 Å². The van der Waals surface area contributed by atoms with Crippen LogP contribution in [0.3, 0.4) is 0 Å². The Balaban J connectivity index is 2.56. The molecule has 0 aliphatic heterocycles. The monoisotopic (exact) mass is 233 g/mol. The molecule has 1 heterocycles. The number of benzene rings is 1. The zero-order valence-corrected chi connectivity index (χ0v) is 9.03. The first kappa shape index (κ1) is 11.3. The molecule has 0 fully saturated rings. The van der Waals surface area contributed by atoms with Crippen LogP contribution in [-0.4, -0.2) is 4.98 Å². The summed E-state index contributed by atoms with van der Waals surface area (Å²) in [6.45, 7) is 0.128. The Labute approximate surface area is 97.1 Å². The highest BCUT2D eigenvalue weighted by Crippen LogP contribution is 2.22. The Morgan fingerprint density at radius 3 is 2.47 bits per heavy atom. The number of halogens is 1. The van der Waals surface area contributed by atoms with Crippen LogP contribution in [-0.2, 0) is 6.54 Å². The molecule has 1 aromatic heterocycles. The number of aromatic amines is 1. The molecule has 2 aromatic rings. The minimum absolute atomic E-state index is 0.128. The zero-order chi connectivity index (χ0) is 12.4. The van der Waals surface area contributed by atoms with Gasteiger partial charge in [-0.05, 0) is 30.3 Å². The molecule has 0 bridgehead atoms. The van der Waals surface area contributed by atoms with E-state index in [0.717, 1.165) is 0 Å². The topological polar surface area (TPSA) is 84.9 Å². The summed E-state index contributed by atoms with van der Waals surface area (Å²) in [6, 6.07) is 7.27. The maximum absolute atomic E-state index is 12.8. The highest BCUT2D eigenvalue weighted by molar-refractivity contribution is 5.72. The first-order valence-electron chi connectivity index (χ1n) is 5.09. The summed E-state index contributed by atoms with van der Waals surface area (Å²) in [5, 5.41) is 0. The van der Waals surface area contributed by atoms with Crippen molar-refractivity contribution in [1.82, 2.24) is 4.98 Å². The van der Waals surface area contributed by atoms with E-state index in [2.05, 4.69) is 4.98 Å². The van der Waals surface area contributed by atoms with Crippen LogP contribution in [0.5, 0.6) is 0 Å². The number of nitrogens with one attached hydrogen (secondary N) is 1. The zero-order valence-electron chi connectivity index (χ0n) is 9.03. The average Bonchev–Trinajstić information content (AvgIpc) is 2.33. The van der Waals surface area contributed by atoms with Crippen molar-refractivity contribution in [2.24, 2.45) is 5.73 Å². The summed E-state index contributed by atoms with van der Waals surface area (Å²) in [5.41, 5.74) is 12.9. The number of nitrogen functional groups attached to an aromatic ring is 1. The second-order valence-corrected chi connectivity index (χ2v) is 3.67. The van der Waals surface area contributed by atoms with Gasteiger partial charge in [0.05, 0.1) is 11.4 Å². The summed E-state index contributed by atoms with van der Waals surface area (Å²) in [5.74, 6) is -0.340. The fourth-order valence-electron chi connectivity index (χ4n) is 1.60. The van der Waals surface area contributed by atoms with E-state index < -0.39 is 0 Å². The van der Waals surface area contributed by atoms with Crippen molar-refractivity contribution < 1.29 is 4.39 Å². The van der Waals surface area contributed by atoms with E-state index in [0.29, 0.717) is 22.5 Å². The van der Waals surface area contributed by atoms with Gasteiger partial charge in [-0.25, -0.2) is 4.39 Å². The Kier molecular flexibility index (Phi) is 2.93. The maximum Gasteiger partial charge on any atom is 0.253 e. The van der Waals surface area contributed by atoms with Crippen LogP contribution in [0.15, 0.2) is 35.1 Å². The third-order valence-electron chi connectivity index (χ3n) is 2.50. The summed E-state index contributed by atoms with van der Waals surface area (Å²) < 4.78 is 12.8. The van der Waals surface area contributed by atoms with E-state index in [4.69, 9.17) is 11.5 Å². The standard InChI is InChI=1S/C12H12FN3O/c13-9-3-1-7(2-4-9)11-10(15)5-8(6-14)12(17)16-11/h1-5H,6,14-15H2,(H,16,17). The molecule has 5 heteroatoms. The van der Waals surface area contributed by atoms with Crippen LogP contribution in [0.2, 0.25) is 0 Å². The molecule has 88 valence electrons. The molecule has 2 rings (SSSR count). The molecule has 0 spiro atoms. The van der Waals surface area contributed by atoms with E-state index in [1.54, 1.807) is 12.1 Å². The van der Waals surface area contributed by atoms with Crippen molar-refractivity contribution in [2.45, 2.75) is 6.54 Å². The lowest BCUT2D eigenvalue weighted by atomic mass is 10.1. The molecule has 17 heavy (non-hydrogen) atoms. The first-order chi connectivity index (χ1) is 8.11. The summed E-state index contributed by atoms with van der Waals surface area (Å²) in [4.78, 5) is 14.2. The lowest BCUT2D eigenvalue weighted by Gasteiger charge is -2.07. The van der Waals surface area contributed by atoms with Gasteiger partial charge in [0.15, 0.2) is 0 Å². The summed E-state index contributed by atoms with van der Waals surface area (Å²) in [7, 11) is 0. The highest BCUT2D eigenvalue weighted by Gasteiger charge is 2.07. The van der Waals surface area contributed by atoms with Gasteiger partial charge in [0.1, 0.15) is 5.82 Å². The maximum atomic E-state index is 12.8. The van der Waals surface area contributed by atoms with Gasteiger partial charge in [-0.15, -0.1) is 0 Å². The molecule has 0 unspecified atom stereocenters. The second-order valence-electron chi connectivity index (χ2n) is 3.67. The molecule has 0 radical (unpaired) electrons. The predicted molar refractivity (Wildman–Crippen MR) is 64.8 cm³/mol. The summed E-state index contributed by atoms with van der Waals surface area (Å²) in [6.07, 6.45) is 0. The second kappa shape index (κ2) is 4.39. The number of anilines is 1. The number of hydrogen-bond donors (Lipinski definition) is 3. The minimum atomic E-state index is -0.340. The Bertz CT molecular complexity index is 590. The van der Waals surface area contributed by atoms with Crippen LogP contribution >= 0.6 is 0 Å². The van der Waals surface area contributed by atoms with E-state index in [1.165, 1.54) is 18.2 Å². The van der Waals surface area contributed by atoms with Gasteiger partial charge < -0.3 is 16.5 Å². The molecule has 0 aliphatic rings. The van der Waals surface area contributed by atoms with Crippen molar-refractivity contribution in [1.29, 1.82) is 0 Å². The predicted octanol–water partition coefficient (Wildman–Crippen LogP) is 1.22. The SMILES string of the molecule is NCc1cc(N)c(-c2ccc(F)cc2)[nH]c1=O. The van der Waals surface area contributed by atoms with Gasteiger partial charge in [0, 0.05) is 17.7 Å². The molecule has 0 aliphatic carbocycles. The molecule has 1 aromatic carbocycles. The van der Waals surface area contributed by atoms with E-state index in [-0.39, 0.29) is 17.9 Å². The number of pyridine rings is 1. The van der Waals surface area contributed by atoms with Gasteiger partial charge in [-0.1, -0.05) is 0 Å². The molecule has 4 nitrogen and oxygen atoms in total. The molecule has 0 saturated heterocycles. The Morgan fingerprint density at radius 2 is 1.88 bits per heavy atom. The Hall–Kier alpha value is -2.14. The first-order valence-corrected chi connectivity index (χ1v) is 5.09. The lowest BCUT2D eigenvalue weighted by molar-refractivity contribution is 0.628. The number of hydrogen-bond acceptors (Lipinski definition) is 3. The molecule has 0 saturated carbocycles. The quantitative estimate of drug-likeness (QED) is 0.729. The lowest BCUT2D eigenvalue weighted by Crippen LogP contribution is -2.17. The van der Waals surface area contributed by atoms with Gasteiger partial charge in [-0.3, -0.25) is 4.79 Å². The van der Waals surface area contributed by atoms with Crippen LogP contribution < -0.4 is 17.0 Å². The number of H-pyrrole nitrogens is 1. The fourth-order valence-corrected chi connectivity index (χ4v) is 1.60. The van der Waals surface area contributed by atoms with Crippen molar-refractivity contribution in [2.75, 3.05) is 5.73 Å². The van der Waals surface area contributed by atoms with E-state index in [9.17, 15) is 9.18 Å². The van der Waals surface area contributed by atoms with Crippen molar-refractivity contribution in [3.8, 4) is 11.3 Å². The number of aromatic nitrogens is 1. The molecular formula is C12H12FN3O. The van der Waals surface area contributed by atoms with Gasteiger partial charge >= 0.3 is 0 Å². The normalized spacial score (nSPS) is 10.5. The average molecular weight is 233 g/mol. The van der Waals surface area contributed by atoms with Gasteiger partial charge in [0.2, 0.25) is 0 Å². The molecule has 0 amide bonds. The van der Waals surface area contributed by atoms with Crippen molar-refractivity contribution in [3.05, 3.63) is 52.1 Å². The molecular weight excluding hydrogens is 221 g/mol. The third-order valence-corrected chi connectivity index (χ3v) is 2.50. The van der Waals surface area contributed by atoms with E-state index in [1.807, 2.05) is 0 Å². The van der Waals surface area contributed by atoms with Crippen LogP contribution in [0.4, 0.5) is 10.1 Å². The highest BCUT2D eigenvalue weighted by atomic mass is 19.1. The van der Waals surface area contributed by atoms with Crippen molar-refractivity contribution >= 4 is 5.69 Å².